The Hall–Kier alpha value is -1.75. The van der Waals surface area contributed by atoms with E-state index < -0.39 is 12.1 Å². The normalized spacial score (nSPS) is 22.8. The van der Waals surface area contributed by atoms with Crippen LogP contribution in [0.15, 0.2) is 18.2 Å². The number of rotatable bonds is 4. The highest BCUT2D eigenvalue weighted by Crippen LogP contribution is 2.34. The lowest BCUT2D eigenvalue weighted by atomic mass is 10.1. The van der Waals surface area contributed by atoms with Crippen molar-refractivity contribution >= 4 is 5.97 Å². The lowest BCUT2D eigenvalue weighted by Gasteiger charge is -2.20. The number of aliphatic hydroxyl groups is 1. The van der Waals surface area contributed by atoms with Crippen LogP contribution < -0.4 is 9.47 Å². The van der Waals surface area contributed by atoms with Gasteiger partial charge in [-0.15, -0.1) is 0 Å². The molecule has 0 heterocycles. The number of ether oxygens (including phenoxy) is 2. The van der Waals surface area contributed by atoms with Crippen molar-refractivity contribution < 1.29 is 24.5 Å². The average molecular weight is 252 g/mol. The van der Waals surface area contributed by atoms with E-state index >= 15 is 0 Å². The molecule has 0 amide bonds. The van der Waals surface area contributed by atoms with Crippen molar-refractivity contribution in [1.29, 1.82) is 0 Å². The van der Waals surface area contributed by atoms with Crippen LogP contribution in [0.2, 0.25) is 0 Å². The smallest absolute Gasteiger partial charge is 0.339 e. The summed E-state index contributed by atoms with van der Waals surface area (Å²) in [5.74, 6) is -0.510. The monoisotopic (exact) mass is 252 g/mol. The van der Waals surface area contributed by atoms with E-state index in [-0.39, 0.29) is 17.4 Å². The lowest BCUT2D eigenvalue weighted by molar-refractivity contribution is 0.0544. The molecule has 2 rings (SSSR count). The van der Waals surface area contributed by atoms with Gasteiger partial charge in [-0.25, -0.2) is 4.79 Å². The number of para-hydroxylation sites is 1. The molecule has 0 spiro atoms. The van der Waals surface area contributed by atoms with Gasteiger partial charge >= 0.3 is 5.97 Å². The van der Waals surface area contributed by atoms with Crippen LogP contribution in [0.5, 0.6) is 11.5 Å². The number of hydrogen-bond acceptors (Lipinski definition) is 4. The quantitative estimate of drug-likeness (QED) is 0.852. The molecule has 5 nitrogen and oxygen atoms in total. The summed E-state index contributed by atoms with van der Waals surface area (Å²) in [6, 6.07) is 4.70. The summed E-state index contributed by atoms with van der Waals surface area (Å²) in [5, 5.41) is 18.9. The molecular formula is C13H16O5. The average Bonchev–Trinajstić information content (AvgIpc) is 2.75. The highest BCUT2D eigenvalue weighted by atomic mass is 16.5. The first-order valence-electron chi connectivity index (χ1n) is 5.88. The van der Waals surface area contributed by atoms with E-state index in [9.17, 15) is 9.90 Å². The van der Waals surface area contributed by atoms with Gasteiger partial charge in [0, 0.05) is 0 Å². The number of hydrogen-bond donors (Lipinski definition) is 2. The van der Waals surface area contributed by atoms with E-state index in [2.05, 4.69) is 0 Å². The molecule has 0 saturated heterocycles. The zero-order valence-corrected chi connectivity index (χ0v) is 10.1. The van der Waals surface area contributed by atoms with Gasteiger partial charge in [0.25, 0.3) is 0 Å². The van der Waals surface area contributed by atoms with Gasteiger partial charge in [0.15, 0.2) is 11.5 Å². The van der Waals surface area contributed by atoms with Gasteiger partial charge in [-0.05, 0) is 31.4 Å². The number of methoxy groups -OCH3 is 1. The summed E-state index contributed by atoms with van der Waals surface area (Å²) in [6.45, 7) is 0. The van der Waals surface area contributed by atoms with Crippen molar-refractivity contribution in [3.05, 3.63) is 23.8 Å². The Kier molecular flexibility index (Phi) is 3.72. The number of benzene rings is 1. The maximum absolute atomic E-state index is 11.1. The van der Waals surface area contributed by atoms with Crippen molar-refractivity contribution in [2.75, 3.05) is 7.11 Å². The molecule has 98 valence electrons. The third-order valence-corrected chi connectivity index (χ3v) is 3.12. The fraction of sp³-hybridized carbons (Fsp3) is 0.462. The largest absolute Gasteiger partial charge is 0.493 e. The minimum absolute atomic E-state index is 0.0495. The van der Waals surface area contributed by atoms with E-state index in [1.807, 2.05) is 0 Å². The topological polar surface area (TPSA) is 76.0 Å². The number of carboxylic acid groups (broad SMARTS) is 1. The Labute approximate surface area is 105 Å². The van der Waals surface area contributed by atoms with Crippen molar-refractivity contribution in [3.63, 3.8) is 0 Å². The molecule has 0 radical (unpaired) electrons. The maximum Gasteiger partial charge on any atom is 0.339 e. The Balaban J connectivity index is 2.31. The Morgan fingerprint density at radius 1 is 1.39 bits per heavy atom. The summed E-state index contributed by atoms with van der Waals surface area (Å²) in [7, 11) is 1.46. The van der Waals surface area contributed by atoms with Crippen LogP contribution in [0, 0.1) is 0 Å². The molecule has 0 aliphatic heterocycles. The highest BCUT2D eigenvalue weighted by molar-refractivity contribution is 5.92. The summed E-state index contributed by atoms with van der Waals surface area (Å²) in [4.78, 5) is 11.1. The molecule has 1 aliphatic carbocycles. The van der Waals surface area contributed by atoms with Crippen LogP contribution in [0.25, 0.3) is 0 Å². The Morgan fingerprint density at radius 2 is 2.17 bits per heavy atom. The van der Waals surface area contributed by atoms with Gasteiger partial charge in [0.05, 0.1) is 13.2 Å². The standard InChI is InChI=1S/C13H16O5/c1-17-11-7-2-4-8(13(15)16)12(11)18-10-6-3-5-9(10)14/h2,4,7,9-10,14H,3,5-6H2,1H3,(H,15,16). The van der Waals surface area contributed by atoms with Crippen LogP contribution in [0.1, 0.15) is 29.6 Å². The van der Waals surface area contributed by atoms with Crippen molar-refractivity contribution in [3.8, 4) is 11.5 Å². The van der Waals surface area contributed by atoms with E-state index in [4.69, 9.17) is 14.6 Å². The maximum atomic E-state index is 11.1. The summed E-state index contributed by atoms with van der Waals surface area (Å²) < 4.78 is 10.8. The summed E-state index contributed by atoms with van der Waals surface area (Å²) in [5.41, 5.74) is 0.0495. The van der Waals surface area contributed by atoms with Crippen LogP contribution in [0.4, 0.5) is 0 Å². The van der Waals surface area contributed by atoms with Crippen LogP contribution in [-0.2, 0) is 0 Å². The number of aromatic carboxylic acids is 1. The minimum Gasteiger partial charge on any atom is -0.493 e. The van der Waals surface area contributed by atoms with E-state index in [1.54, 1.807) is 12.1 Å². The molecule has 1 aromatic rings. The molecule has 1 saturated carbocycles. The fourth-order valence-corrected chi connectivity index (χ4v) is 2.16. The van der Waals surface area contributed by atoms with Crippen LogP contribution >= 0.6 is 0 Å². The highest BCUT2D eigenvalue weighted by Gasteiger charge is 2.29. The third-order valence-electron chi connectivity index (χ3n) is 3.12. The first kappa shape index (κ1) is 12.7. The second-order valence-corrected chi connectivity index (χ2v) is 4.30. The molecule has 0 bridgehead atoms. The molecule has 5 heteroatoms. The van der Waals surface area contributed by atoms with Gasteiger partial charge in [-0.1, -0.05) is 6.07 Å². The number of carbonyl (C=O) groups is 1. The molecule has 1 aromatic carbocycles. The van der Waals surface area contributed by atoms with Gasteiger partial charge in [0.2, 0.25) is 0 Å². The first-order chi connectivity index (χ1) is 8.63. The van der Waals surface area contributed by atoms with Crippen LogP contribution in [-0.4, -0.2) is 35.5 Å². The molecule has 1 fully saturated rings. The molecular weight excluding hydrogens is 236 g/mol. The van der Waals surface area contributed by atoms with Crippen molar-refractivity contribution in [2.24, 2.45) is 0 Å². The van der Waals surface area contributed by atoms with Crippen molar-refractivity contribution in [2.45, 2.75) is 31.5 Å². The predicted octanol–water partition coefficient (Wildman–Crippen LogP) is 1.69. The molecule has 2 atom stereocenters. The van der Waals surface area contributed by atoms with Crippen molar-refractivity contribution in [1.82, 2.24) is 0 Å². The predicted molar refractivity (Wildman–Crippen MR) is 64.2 cm³/mol. The third kappa shape index (κ3) is 2.41. The number of carboxylic acids is 1. The summed E-state index contributed by atoms with van der Waals surface area (Å²) >= 11 is 0. The van der Waals surface area contributed by atoms with Gasteiger partial charge in [0.1, 0.15) is 11.7 Å². The molecule has 1 aliphatic rings. The van der Waals surface area contributed by atoms with Gasteiger partial charge < -0.3 is 19.7 Å². The SMILES string of the molecule is COc1cccc(C(=O)O)c1OC1CCCC1O. The summed E-state index contributed by atoms with van der Waals surface area (Å²) in [6.07, 6.45) is 1.38. The lowest BCUT2D eigenvalue weighted by Crippen LogP contribution is -2.26. The molecule has 2 N–H and O–H groups in total. The molecule has 2 unspecified atom stereocenters. The minimum atomic E-state index is -1.07. The van der Waals surface area contributed by atoms with Gasteiger partial charge in [-0.2, -0.15) is 0 Å². The van der Waals surface area contributed by atoms with E-state index in [0.29, 0.717) is 12.2 Å². The first-order valence-corrected chi connectivity index (χ1v) is 5.88. The Morgan fingerprint density at radius 3 is 2.72 bits per heavy atom. The number of aliphatic hydroxyl groups excluding tert-OH is 1. The van der Waals surface area contributed by atoms with E-state index in [0.717, 1.165) is 12.8 Å². The second kappa shape index (κ2) is 5.27. The zero-order valence-electron chi connectivity index (χ0n) is 10.1. The fourth-order valence-electron chi connectivity index (χ4n) is 2.16. The molecule has 0 aromatic heterocycles. The zero-order chi connectivity index (χ0) is 13.1. The second-order valence-electron chi connectivity index (χ2n) is 4.30. The Bertz CT molecular complexity index is 443. The van der Waals surface area contributed by atoms with E-state index in [1.165, 1.54) is 13.2 Å². The molecule has 18 heavy (non-hydrogen) atoms. The van der Waals surface area contributed by atoms with Crippen LogP contribution in [0.3, 0.4) is 0 Å². The van der Waals surface area contributed by atoms with Gasteiger partial charge in [-0.3, -0.25) is 0 Å².